The number of aromatic nitrogens is 2. The molecule has 0 atom stereocenters. The Morgan fingerprint density at radius 3 is 2.44 bits per heavy atom. The zero-order chi connectivity index (χ0) is 24.3. The van der Waals surface area contributed by atoms with Crippen molar-refractivity contribution in [3.63, 3.8) is 0 Å². The van der Waals surface area contributed by atoms with E-state index in [1.807, 2.05) is 37.3 Å². The SMILES string of the molecule is Cc1ccc(O)c(-c2cc(C(=O)Nc3ccc(S(=O)(=O)N(C)Cc4ccccc4)cc3)[nH]n2)c1. The molecule has 0 unspecified atom stereocenters. The zero-order valence-electron chi connectivity index (χ0n) is 18.7. The number of rotatable bonds is 7. The summed E-state index contributed by atoms with van der Waals surface area (Å²) in [6.07, 6.45) is 0. The lowest BCUT2D eigenvalue weighted by Crippen LogP contribution is -2.26. The van der Waals surface area contributed by atoms with Gasteiger partial charge in [0.2, 0.25) is 10.0 Å². The van der Waals surface area contributed by atoms with Crippen LogP contribution in [0.1, 0.15) is 21.6 Å². The van der Waals surface area contributed by atoms with E-state index in [4.69, 9.17) is 0 Å². The molecule has 1 aromatic heterocycles. The van der Waals surface area contributed by atoms with E-state index in [1.165, 1.54) is 35.6 Å². The van der Waals surface area contributed by atoms with Crippen LogP contribution in [0.5, 0.6) is 5.75 Å². The predicted octanol–water partition coefficient (Wildman–Crippen LogP) is 4.16. The van der Waals surface area contributed by atoms with Gasteiger partial charge < -0.3 is 10.4 Å². The predicted molar refractivity (Wildman–Crippen MR) is 130 cm³/mol. The first-order valence-electron chi connectivity index (χ1n) is 10.5. The summed E-state index contributed by atoms with van der Waals surface area (Å²) in [5, 5.41) is 19.6. The van der Waals surface area contributed by atoms with Crippen molar-refractivity contribution in [2.75, 3.05) is 12.4 Å². The molecule has 0 radical (unpaired) electrons. The van der Waals surface area contributed by atoms with Gasteiger partial charge in [0, 0.05) is 24.8 Å². The first-order valence-corrected chi connectivity index (χ1v) is 11.9. The van der Waals surface area contributed by atoms with Crippen molar-refractivity contribution in [3.05, 3.63) is 95.7 Å². The van der Waals surface area contributed by atoms with Crippen LogP contribution >= 0.6 is 0 Å². The maximum atomic E-state index is 12.9. The summed E-state index contributed by atoms with van der Waals surface area (Å²) >= 11 is 0. The molecule has 3 aromatic carbocycles. The van der Waals surface area contributed by atoms with Gasteiger partial charge in [-0.1, -0.05) is 42.0 Å². The number of benzene rings is 3. The average molecular weight is 477 g/mol. The number of carbonyl (C=O) groups is 1. The Balaban J connectivity index is 1.45. The smallest absolute Gasteiger partial charge is 0.273 e. The van der Waals surface area contributed by atoms with E-state index in [2.05, 4.69) is 15.5 Å². The molecule has 3 N–H and O–H groups in total. The number of carbonyl (C=O) groups excluding carboxylic acids is 1. The second kappa shape index (κ2) is 9.50. The Labute approximate surface area is 197 Å². The van der Waals surface area contributed by atoms with E-state index in [0.717, 1.165) is 11.1 Å². The molecule has 9 heteroatoms. The van der Waals surface area contributed by atoms with Crippen LogP contribution in [0.2, 0.25) is 0 Å². The minimum Gasteiger partial charge on any atom is -0.507 e. The summed E-state index contributed by atoms with van der Waals surface area (Å²) in [6, 6.07) is 22.0. The van der Waals surface area contributed by atoms with Crippen LogP contribution in [0.4, 0.5) is 5.69 Å². The minimum atomic E-state index is -3.69. The number of hydrogen-bond donors (Lipinski definition) is 3. The summed E-state index contributed by atoms with van der Waals surface area (Å²) in [5.74, 6) is -0.374. The van der Waals surface area contributed by atoms with Crippen molar-refractivity contribution in [1.82, 2.24) is 14.5 Å². The number of hydrogen-bond acceptors (Lipinski definition) is 5. The number of aromatic hydroxyl groups is 1. The molecule has 4 aromatic rings. The van der Waals surface area contributed by atoms with Crippen molar-refractivity contribution in [1.29, 1.82) is 0 Å². The maximum Gasteiger partial charge on any atom is 0.273 e. The Hall–Kier alpha value is -3.95. The molecule has 8 nitrogen and oxygen atoms in total. The fourth-order valence-corrected chi connectivity index (χ4v) is 4.60. The number of nitrogens with one attached hydrogen (secondary N) is 2. The molecule has 0 aliphatic heterocycles. The number of H-pyrrole nitrogens is 1. The molecular formula is C25H24N4O4S. The van der Waals surface area contributed by atoms with Gasteiger partial charge in [0.15, 0.2) is 0 Å². The molecule has 0 bridgehead atoms. The molecule has 0 fully saturated rings. The summed E-state index contributed by atoms with van der Waals surface area (Å²) in [4.78, 5) is 12.8. The van der Waals surface area contributed by atoms with Gasteiger partial charge in [0.25, 0.3) is 5.91 Å². The topological polar surface area (TPSA) is 115 Å². The molecule has 0 aliphatic carbocycles. The first kappa shape index (κ1) is 23.2. The van der Waals surface area contributed by atoms with Crippen molar-refractivity contribution < 1.29 is 18.3 Å². The fourth-order valence-electron chi connectivity index (χ4n) is 3.45. The van der Waals surface area contributed by atoms with E-state index in [1.54, 1.807) is 24.3 Å². The van der Waals surface area contributed by atoms with Crippen LogP contribution in [-0.4, -0.2) is 41.0 Å². The number of aromatic amines is 1. The lowest BCUT2D eigenvalue weighted by molar-refractivity contribution is 0.102. The standard InChI is InChI=1S/C25H24N4O4S/c1-17-8-13-24(30)21(14-17)22-15-23(28-27-22)25(31)26-19-9-11-20(12-10-19)34(32,33)29(2)16-18-6-4-3-5-7-18/h3-15,30H,16H2,1-2H3,(H,26,31)(H,27,28). The van der Waals surface area contributed by atoms with Gasteiger partial charge in [0.1, 0.15) is 11.4 Å². The Kier molecular flexibility index (Phi) is 6.49. The highest BCUT2D eigenvalue weighted by molar-refractivity contribution is 7.89. The second-order valence-electron chi connectivity index (χ2n) is 7.91. The number of sulfonamides is 1. The number of anilines is 1. The second-order valence-corrected chi connectivity index (χ2v) is 9.96. The molecular weight excluding hydrogens is 452 g/mol. The number of phenols is 1. The molecule has 0 saturated heterocycles. The highest BCUT2D eigenvalue weighted by Gasteiger charge is 2.21. The van der Waals surface area contributed by atoms with Gasteiger partial charge in [-0.3, -0.25) is 9.89 Å². The molecule has 174 valence electrons. The molecule has 34 heavy (non-hydrogen) atoms. The highest BCUT2D eigenvalue weighted by atomic mass is 32.2. The van der Waals surface area contributed by atoms with Crippen LogP contribution < -0.4 is 5.32 Å². The van der Waals surface area contributed by atoms with Crippen LogP contribution in [0.25, 0.3) is 11.3 Å². The Morgan fingerprint density at radius 1 is 1.03 bits per heavy atom. The summed E-state index contributed by atoms with van der Waals surface area (Å²) in [6.45, 7) is 2.15. The van der Waals surface area contributed by atoms with Crippen molar-refractivity contribution in [2.45, 2.75) is 18.4 Å². The van der Waals surface area contributed by atoms with E-state index in [0.29, 0.717) is 16.9 Å². The lowest BCUT2D eigenvalue weighted by atomic mass is 10.1. The molecule has 4 rings (SSSR count). The van der Waals surface area contributed by atoms with E-state index in [-0.39, 0.29) is 22.9 Å². The van der Waals surface area contributed by atoms with E-state index in [9.17, 15) is 18.3 Å². The number of amides is 1. The largest absolute Gasteiger partial charge is 0.507 e. The van der Waals surface area contributed by atoms with Crippen LogP contribution in [0, 0.1) is 6.92 Å². The van der Waals surface area contributed by atoms with Gasteiger partial charge >= 0.3 is 0 Å². The van der Waals surface area contributed by atoms with Crippen molar-refractivity contribution in [2.24, 2.45) is 0 Å². The molecule has 1 heterocycles. The van der Waals surface area contributed by atoms with E-state index >= 15 is 0 Å². The number of phenolic OH excluding ortho intramolecular Hbond substituents is 1. The Morgan fingerprint density at radius 2 is 1.74 bits per heavy atom. The third-order valence-electron chi connectivity index (χ3n) is 5.32. The van der Waals surface area contributed by atoms with Crippen LogP contribution in [0.15, 0.2) is 83.8 Å². The van der Waals surface area contributed by atoms with Crippen LogP contribution in [-0.2, 0) is 16.6 Å². The normalized spacial score (nSPS) is 11.5. The zero-order valence-corrected chi connectivity index (χ0v) is 19.5. The summed E-state index contributed by atoms with van der Waals surface area (Å²) in [7, 11) is -2.16. The lowest BCUT2D eigenvalue weighted by Gasteiger charge is -2.17. The van der Waals surface area contributed by atoms with Gasteiger partial charge in [-0.2, -0.15) is 9.40 Å². The molecule has 0 spiro atoms. The summed E-state index contributed by atoms with van der Waals surface area (Å²) < 4.78 is 27.1. The number of aryl methyl sites for hydroxylation is 1. The highest BCUT2D eigenvalue weighted by Crippen LogP contribution is 2.29. The Bertz CT molecular complexity index is 1420. The average Bonchev–Trinajstić information content (AvgIpc) is 3.32. The van der Waals surface area contributed by atoms with Crippen molar-refractivity contribution in [3.8, 4) is 17.0 Å². The van der Waals surface area contributed by atoms with Crippen molar-refractivity contribution >= 4 is 21.6 Å². The van der Waals surface area contributed by atoms with Gasteiger partial charge in [-0.25, -0.2) is 8.42 Å². The third kappa shape index (κ3) is 5.00. The molecule has 0 saturated carbocycles. The molecule has 1 amide bonds. The minimum absolute atomic E-state index is 0.0677. The fraction of sp³-hybridized carbons (Fsp3) is 0.120. The van der Waals surface area contributed by atoms with E-state index < -0.39 is 15.9 Å². The van der Waals surface area contributed by atoms with Crippen LogP contribution in [0.3, 0.4) is 0 Å². The maximum absolute atomic E-state index is 12.9. The quantitative estimate of drug-likeness (QED) is 0.370. The summed E-state index contributed by atoms with van der Waals surface area (Å²) in [5.41, 5.74) is 3.43. The molecule has 0 aliphatic rings. The van der Waals surface area contributed by atoms with Gasteiger partial charge in [0.05, 0.1) is 10.6 Å². The number of nitrogens with zero attached hydrogens (tertiary/aromatic N) is 2. The monoisotopic (exact) mass is 476 g/mol. The third-order valence-corrected chi connectivity index (χ3v) is 7.14. The van der Waals surface area contributed by atoms with Gasteiger partial charge in [-0.15, -0.1) is 0 Å². The van der Waals surface area contributed by atoms with Gasteiger partial charge in [-0.05, 0) is 55.0 Å². The first-order chi connectivity index (χ1) is 16.2.